The lowest BCUT2D eigenvalue weighted by atomic mass is 10.4. The van der Waals surface area contributed by atoms with E-state index in [2.05, 4.69) is 10.1 Å². The molecule has 0 saturated carbocycles. The highest BCUT2D eigenvalue weighted by Gasteiger charge is 2.15. The van der Waals surface area contributed by atoms with Crippen molar-refractivity contribution in [3.63, 3.8) is 0 Å². The van der Waals surface area contributed by atoms with E-state index in [1.807, 2.05) is 0 Å². The van der Waals surface area contributed by atoms with Gasteiger partial charge in [0.2, 0.25) is 17.7 Å². The molecule has 2 amide bonds. The molecule has 0 fully saturated rings. The maximum Gasteiger partial charge on any atom is 0.240 e. The molecule has 0 aliphatic rings. The first-order valence-corrected chi connectivity index (χ1v) is 4.81. The molecule has 6 N–H and O–H groups in total. The first-order valence-electron chi connectivity index (χ1n) is 4.81. The molecule has 0 spiro atoms. The Morgan fingerprint density at radius 1 is 1.24 bits per heavy atom. The lowest BCUT2D eigenvalue weighted by molar-refractivity contribution is -0.122. The van der Waals surface area contributed by atoms with Gasteiger partial charge in [-0.15, -0.1) is 0 Å². The standard InChI is InChI=1S/C8H14N6O3/c9-1-8-12-7(13-17-8)4-14(2-5(10)15)3-6(11)16/h1-4,9H2,(H2,10,15)(H2,11,16). The summed E-state index contributed by atoms with van der Waals surface area (Å²) < 4.78 is 4.78. The van der Waals surface area contributed by atoms with E-state index in [9.17, 15) is 9.59 Å². The van der Waals surface area contributed by atoms with Gasteiger partial charge in [-0.25, -0.2) is 0 Å². The number of hydrogen-bond acceptors (Lipinski definition) is 7. The topological polar surface area (TPSA) is 154 Å². The van der Waals surface area contributed by atoms with E-state index in [1.54, 1.807) is 0 Å². The molecule has 1 rings (SSSR count). The fraction of sp³-hybridized carbons (Fsp3) is 0.500. The van der Waals surface area contributed by atoms with Crippen LogP contribution in [-0.2, 0) is 22.7 Å². The molecule has 94 valence electrons. The molecule has 0 aromatic carbocycles. The molecule has 0 atom stereocenters. The van der Waals surface area contributed by atoms with Crippen molar-refractivity contribution < 1.29 is 14.1 Å². The zero-order valence-corrected chi connectivity index (χ0v) is 9.13. The molecule has 9 heteroatoms. The summed E-state index contributed by atoms with van der Waals surface area (Å²) >= 11 is 0. The molecule has 1 heterocycles. The van der Waals surface area contributed by atoms with Crippen LogP contribution in [0.5, 0.6) is 0 Å². The second kappa shape index (κ2) is 5.92. The van der Waals surface area contributed by atoms with Crippen LogP contribution in [0.15, 0.2) is 4.52 Å². The lowest BCUT2D eigenvalue weighted by Gasteiger charge is -2.16. The van der Waals surface area contributed by atoms with Crippen molar-refractivity contribution >= 4 is 11.8 Å². The van der Waals surface area contributed by atoms with Crippen LogP contribution in [0.2, 0.25) is 0 Å². The number of carbonyl (C=O) groups excluding carboxylic acids is 2. The average Bonchev–Trinajstić information content (AvgIpc) is 2.63. The average molecular weight is 242 g/mol. The smallest absolute Gasteiger partial charge is 0.240 e. The summed E-state index contributed by atoms with van der Waals surface area (Å²) in [7, 11) is 0. The Kier molecular flexibility index (Phi) is 4.55. The second-order valence-corrected chi connectivity index (χ2v) is 3.39. The maximum atomic E-state index is 10.8. The van der Waals surface area contributed by atoms with E-state index in [0.717, 1.165) is 0 Å². The van der Waals surface area contributed by atoms with Gasteiger partial charge in [0.15, 0.2) is 5.82 Å². The van der Waals surface area contributed by atoms with E-state index in [-0.39, 0.29) is 32.1 Å². The van der Waals surface area contributed by atoms with Crippen molar-refractivity contribution in [1.82, 2.24) is 15.0 Å². The minimum absolute atomic E-state index is 0.116. The summed E-state index contributed by atoms with van der Waals surface area (Å²) in [4.78, 5) is 26.9. The Morgan fingerprint density at radius 2 is 1.82 bits per heavy atom. The van der Waals surface area contributed by atoms with Gasteiger partial charge in [0.25, 0.3) is 0 Å². The van der Waals surface area contributed by atoms with Gasteiger partial charge in [0, 0.05) is 0 Å². The molecule has 0 aliphatic carbocycles. The van der Waals surface area contributed by atoms with Crippen molar-refractivity contribution in [3.8, 4) is 0 Å². The van der Waals surface area contributed by atoms with Gasteiger partial charge < -0.3 is 21.7 Å². The molecule has 0 bridgehead atoms. The van der Waals surface area contributed by atoms with Gasteiger partial charge in [-0.3, -0.25) is 14.5 Å². The van der Waals surface area contributed by atoms with Gasteiger partial charge in [-0.1, -0.05) is 5.16 Å². The van der Waals surface area contributed by atoms with Crippen LogP contribution in [0, 0.1) is 0 Å². The van der Waals surface area contributed by atoms with Crippen LogP contribution in [0.3, 0.4) is 0 Å². The SMILES string of the molecule is NCc1nc(CN(CC(N)=O)CC(N)=O)no1. The van der Waals surface area contributed by atoms with Crippen LogP contribution in [0.25, 0.3) is 0 Å². The number of primary amides is 2. The van der Waals surface area contributed by atoms with Gasteiger partial charge in [0.05, 0.1) is 26.2 Å². The minimum atomic E-state index is -0.575. The van der Waals surface area contributed by atoms with Crippen LogP contribution in [0.4, 0.5) is 0 Å². The van der Waals surface area contributed by atoms with Crippen LogP contribution < -0.4 is 17.2 Å². The molecule has 1 aromatic rings. The minimum Gasteiger partial charge on any atom is -0.369 e. The summed E-state index contributed by atoms with van der Waals surface area (Å²) in [6.45, 7) is 0.0267. The van der Waals surface area contributed by atoms with E-state index in [0.29, 0.717) is 5.82 Å². The van der Waals surface area contributed by atoms with Gasteiger partial charge in [0.1, 0.15) is 0 Å². The van der Waals surface area contributed by atoms with Gasteiger partial charge >= 0.3 is 0 Å². The first kappa shape index (κ1) is 13.1. The lowest BCUT2D eigenvalue weighted by Crippen LogP contribution is -2.39. The number of nitrogens with zero attached hydrogens (tertiary/aromatic N) is 3. The third-order valence-corrected chi connectivity index (χ3v) is 1.81. The van der Waals surface area contributed by atoms with Crippen molar-refractivity contribution in [2.45, 2.75) is 13.1 Å². The molecule has 9 nitrogen and oxygen atoms in total. The number of hydrogen-bond donors (Lipinski definition) is 3. The van der Waals surface area contributed by atoms with Gasteiger partial charge in [-0.2, -0.15) is 4.98 Å². The summed E-state index contributed by atoms with van der Waals surface area (Å²) in [6.07, 6.45) is 0. The molecule has 1 aromatic heterocycles. The zero-order valence-electron chi connectivity index (χ0n) is 9.13. The number of amides is 2. The van der Waals surface area contributed by atoms with Crippen LogP contribution in [-0.4, -0.2) is 39.9 Å². The van der Waals surface area contributed by atoms with Crippen LogP contribution >= 0.6 is 0 Å². The highest BCUT2D eigenvalue weighted by Crippen LogP contribution is 2.01. The highest BCUT2D eigenvalue weighted by atomic mass is 16.5. The number of carbonyl (C=O) groups is 2. The fourth-order valence-electron chi connectivity index (χ4n) is 1.25. The van der Waals surface area contributed by atoms with Crippen molar-refractivity contribution in [1.29, 1.82) is 0 Å². The van der Waals surface area contributed by atoms with Gasteiger partial charge in [-0.05, 0) is 0 Å². The molecule has 0 radical (unpaired) electrons. The quantitative estimate of drug-likeness (QED) is 0.469. The van der Waals surface area contributed by atoms with E-state index in [4.69, 9.17) is 21.7 Å². The van der Waals surface area contributed by atoms with E-state index < -0.39 is 11.8 Å². The second-order valence-electron chi connectivity index (χ2n) is 3.39. The largest absolute Gasteiger partial charge is 0.369 e. The van der Waals surface area contributed by atoms with Crippen molar-refractivity contribution in [2.24, 2.45) is 17.2 Å². The number of aromatic nitrogens is 2. The fourth-order valence-corrected chi connectivity index (χ4v) is 1.25. The Bertz CT molecular complexity index is 388. The third-order valence-electron chi connectivity index (χ3n) is 1.81. The summed E-state index contributed by atoms with van der Waals surface area (Å²) in [5, 5.41) is 3.63. The Morgan fingerprint density at radius 3 is 2.24 bits per heavy atom. The van der Waals surface area contributed by atoms with Crippen LogP contribution in [0.1, 0.15) is 11.7 Å². The predicted molar refractivity (Wildman–Crippen MR) is 55.9 cm³/mol. The number of nitrogens with two attached hydrogens (primary N) is 3. The van der Waals surface area contributed by atoms with E-state index in [1.165, 1.54) is 4.90 Å². The summed E-state index contributed by atoms with van der Waals surface area (Å²) in [5.41, 5.74) is 15.4. The molecule has 0 unspecified atom stereocenters. The summed E-state index contributed by atoms with van der Waals surface area (Å²) in [5.74, 6) is -0.561. The Balaban J connectivity index is 2.64. The maximum absolute atomic E-state index is 10.8. The van der Waals surface area contributed by atoms with Crippen molar-refractivity contribution in [2.75, 3.05) is 13.1 Å². The third kappa shape index (κ3) is 4.57. The molecule has 0 aliphatic heterocycles. The zero-order chi connectivity index (χ0) is 12.8. The predicted octanol–water partition coefficient (Wildman–Crippen LogP) is -2.70. The monoisotopic (exact) mass is 242 g/mol. The normalized spacial score (nSPS) is 10.7. The Labute approximate surface area is 96.9 Å². The molecular formula is C8H14N6O3. The molecule has 0 saturated heterocycles. The summed E-state index contributed by atoms with van der Waals surface area (Å²) in [6, 6.07) is 0. The highest BCUT2D eigenvalue weighted by molar-refractivity contribution is 5.79. The van der Waals surface area contributed by atoms with E-state index >= 15 is 0 Å². The first-order chi connectivity index (χ1) is 8.01. The van der Waals surface area contributed by atoms with Crippen molar-refractivity contribution in [3.05, 3.63) is 11.7 Å². The molecular weight excluding hydrogens is 228 g/mol. The Hall–Kier alpha value is -2.00. The molecule has 17 heavy (non-hydrogen) atoms. The number of rotatable bonds is 7.